The summed E-state index contributed by atoms with van der Waals surface area (Å²) in [4.78, 5) is 30.1. The number of rotatable bonds is 8. The van der Waals surface area contributed by atoms with Crippen LogP contribution in [0.15, 0.2) is 41.2 Å². The van der Waals surface area contributed by atoms with Crippen LogP contribution in [0.25, 0.3) is 15.9 Å². The van der Waals surface area contributed by atoms with E-state index in [1.165, 1.54) is 10.1 Å². The van der Waals surface area contributed by atoms with Gasteiger partial charge in [0.05, 0.1) is 25.3 Å². The van der Waals surface area contributed by atoms with Crippen LogP contribution in [0.3, 0.4) is 0 Å². The normalized spacial score (nSPS) is 21.2. The lowest BCUT2D eigenvalue weighted by atomic mass is 9.96. The molecule has 2 aliphatic rings. The van der Waals surface area contributed by atoms with Gasteiger partial charge in [-0.15, -0.1) is 4.98 Å². The Morgan fingerprint density at radius 2 is 1.89 bits per heavy atom. The molecule has 200 valence electrons. The number of hydrogen-bond donors (Lipinski definition) is 0. The molecule has 9 nitrogen and oxygen atoms in total. The molecular formula is C29H36N6O3. The van der Waals surface area contributed by atoms with Crippen molar-refractivity contribution in [2.45, 2.75) is 51.7 Å². The molecule has 0 N–H and O–H groups in total. The molecule has 1 unspecified atom stereocenters. The maximum absolute atomic E-state index is 12.8. The van der Waals surface area contributed by atoms with Crippen LogP contribution in [0.4, 0.5) is 11.6 Å². The average molecular weight is 517 g/mol. The Hall–Kier alpha value is -3.48. The molecule has 9 heteroatoms. The molecule has 0 saturated carbocycles. The third-order valence-corrected chi connectivity index (χ3v) is 7.91. The molecule has 0 amide bonds. The van der Waals surface area contributed by atoms with Crippen LogP contribution >= 0.6 is 0 Å². The van der Waals surface area contributed by atoms with Gasteiger partial charge in [-0.25, -0.2) is 4.79 Å². The zero-order valence-corrected chi connectivity index (χ0v) is 22.6. The molecule has 5 rings (SSSR count). The molecule has 0 spiro atoms. The highest BCUT2D eigenvalue weighted by atomic mass is 16.5. The van der Waals surface area contributed by atoms with Crippen molar-refractivity contribution in [1.29, 1.82) is 0 Å². The van der Waals surface area contributed by atoms with E-state index in [9.17, 15) is 4.79 Å². The highest BCUT2D eigenvalue weighted by Crippen LogP contribution is 2.35. The third kappa shape index (κ3) is 4.98. The first-order valence-electron chi connectivity index (χ1n) is 13.5. The summed E-state index contributed by atoms with van der Waals surface area (Å²) in [5, 5.41) is 0. The Labute approximate surface area is 223 Å². The van der Waals surface area contributed by atoms with Crippen LogP contribution in [-0.4, -0.2) is 64.4 Å². The topological polar surface area (TPSA) is 77.1 Å². The maximum Gasteiger partial charge on any atom is 0.350 e. The first kappa shape index (κ1) is 26.1. The van der Waals surface area contributed by atoms with E-state index < -0.39 is 0 Å². The van der Waals surface area contributed by atoms with E-state index in [2.05, 4.69) is 69.6 Å². The number of hydrogen-bond acceptors (Lipinski definition) is 7. The van der Waals surface area contributed by atoms with E-state index in [0.717, 1.165) is 44.9 Å². The van der Waals surface area contributed by atoms with Gasteiger partial charge in [-0.05, 0) is 49.6 Å². The molecule has 0 aliphatic carbocycles. The zero-order chi connectivity index (χ0) is 26.8. The third-order valence-electron chi connectivity index (χ3n) is 7.91. The van der Waals surface area contributed by atoms with Crippen molar-refractivity contribution in [3.8, 4) is 5.75 Å². The van der Waals surface area contributed by atoms with Crippen molar-refractivity contribution in [1.82, 2.24) is 19.4 Å². The number of aryl methyl sites for hydroxylation is 1. The predicted octanol–water partition coefficient (Wildman–Crippen LogP) is 4.34. The minimum absolute atomic E-state index is 0.111. The maximum atomic E-state index is 12.8. The lowest BCUT2D eigenvalue weighted by Gasteiger charge is -2.48. The lowest BCUT2D eigenvalue weighted by Crippen LogP contribution is -2.58. The quantitative estimate of drug-likeness (QED) is 0.412. The number of piperazine rings is 1. The highest BCUT2D eigenvalue weighted by Gasteiger charge is 2.37. The van der Waals surface area contributed by atoms with E-state index in [1.807, 2.05) is 0 Å². The average Bonchev–Trinajstić information content (AvgIpc) is 2.91. The van der Waals surface area contributed by atoms with Gasteiger partial charge in [0.2, 0.25) is 5.52 Å². The van der Waals surface area contributed by atoms with Gasteiger partial charge >= 0.3 is 5.69 Å². The van der Waals surface area contributed by atoms with Crippen molar-refractivity contribution in [2.75, 3.05) is 37.8 Å². The second-order valence-corrected chi connectivity index (χ2v) is 10.4. The number of ether oxygens (including phenoxy) is 2. The van der Waals surface area contributed by atoms with E-state index in [0.29, 0.717) is 35.2 Å². The number of pyridine rings is 1. The predicted molar refractivity (Wildman–Crippen MR) is 148 cm³/mol. The molecular weight excluding hydrogens is 480 g/mol. The minimum atomic E-state index is -0.314. The van der Waals surface area contributed by atoms with E-state index in [1.54, 1.807) is 19.2 Å². The van der Waals surface area contributed by atoms with Gasteiger partial charge < -0.3 is 19.2 Å². The molecule has 0 radical (unpaired) electrons. The van der Waals surface area contributed by atoms with Crippen LogP contribution in [0.1, 0.15) is 45.2 Å². The molecule has 0 bridgehead atoms. The summed E-state index contributed by atoms with van der Waals surface area (Å²) in [7, 11) is 1.70. The van der Waals surface area contributed by atoms with Crippen LogP contribution in [-0.2, 0) is 11.8 Å². The summed E-state index contributed by atoms with van der Waals surface area (Å²) in [5.41, 5.74) is 2.26. The Balaban J connectivity index is 1.39. The summed E-state index contributed by atoms with van der Waals surface area (Å²) >= 11 is 0. The lowest BCUT2D eigenvalue weighted by molar-refractivity contribution is -0.0508. The number of benzene rings is 1. The van der Waals surface area contributed by atoms with Crippen LogP contribution < -0.4 is 15.3 Å². The zero-order valence-electron chi connectivity index (χ0n) is 22.6. The van der Waals surface area contributed by atoms with Gasteiger partial charge in [0.25, 0.3) is 5.82 Å². The van der Waals surface area contributed by atoms with Gasteiger partial charge in [-0.2, -0.15) is 4.98 Å². The summed E-state index contributed by atoms with van der Waals surface area (Å²) < 4.78 is 12.7. The standard InChI is InChI=1S/C29H36N6O3/c1-6-22-15-34(28-27-25(33(5)29(36)32-28)12-13-26(30-4)31-27)19(3)14-35(22)24(7-2)21-8-10-23(11-9-21)38-18-20-16-37-17-20/h8-13,19-20,22,24H,6-7,14-18H2,1-3,5H3/t19-,22+,24?/m0/s1. The second kappa shape index (κ2) is 11.1. The summed E-state index contributed by atoms with van der Waals surface area (Å²) in [6.45, 7) is 17.9. The Morgan fingerprint density at radius 1 is 1.13 bits per heavy atom. The van der Waals surface area contributed by atoms with Crippen molar-refractivity contribution < 1.29 is 9.47 Å². The van der Waals surface area contributed by atoms with Crippen molar-refractivity contribution in [3.05, 3.63) is 63.9 Å². The van der Waals surface area contributed by atoms with Crippen molar-refractivity contribution >= 4 is 22.7 Å². The van der Waals surface area contributed by atoms with E-state index >= 15 is 0 Å². The molecule has 3 atom stereocenters. The molecule has 2 saturated heterocycles. The summed E-state index contributed by atoms with van der Waals surface area (Å²) in [5.74, 6) is 2.28. The fraction of sp³-hybridized carbons (Fsp3) is 0.517. The number of fused-ring (bicyclic) bond motifs is 1. The van der Waals surface area contributed by atoms with Crippen LogP contribution in [0.5, 0.6) is 5.75 Å². The SMILES string of the molecule is [C-]#[N+]c1ccc2c(n1)c(N1C[C@@H](CC)N(C(CC)c3ccc(OCC4COC4)cc3)C[C@@H]1C)nc(=O)n2C. The van der Waals surface area contributed by atoms with Gasteiger partial charge in [-0.1, -0.05) is 32.6 Å². The van der Waals surface area contributed by atoms with E-state index in [-0.39, 0.29) is 23.8 Å². The molecule has 2 fully saturated rings. The van der Waals surface area contributed by atoms with Crippen molar-refractivity contribution in [3.63, 3.8) is 0 Å². The molecule has 4 heterocycles. The highest BCUT2D eigenvalue weighted by molar-refractivity contribution is 5.87. The Morgan fingerprint density at radius 3 is 2.53 bits per heavy atom. The summed E-state index contributed by atoms with van der Waals surface area (Å²) in [6.07, 6.45) is 1.96. The number of nitrogens with zero attached hydrogens (tertiary/aromatic N) is 6. The monoisotopic (exact) mass is 516 g/mol. The van der Waals surface area contributed by atoms with Gasteiger partial charge in [0, 0.05) is 44.2 Å². The first-order valence-corrected chi connectivity index (χ1v) is 13.5. The number of anilines is 1. The Bertz CT molecular complexity index is 1380. The largest absolute Gasteiger partial charge is 0.493 e. The van der Waals surface area contributed by atoms with Gasteiger partial charge in [0.15, 0.2) is 5.82 Å². The Kier molecular flexibility index (Phi) is 7.63. The smallest absolute Gasteiger partial charge is 0.350 e. The molecule has 3 aromatic rings. The molecule has 2 aliphatic heterocycles. The summed E-state index contributed by atoms with van der Waals surface area (Å²) in [6, 6.07) is 12.6. The fourth-order valence-electron chi connectivity index (χ4n) is 5.61. The minimum Gasteiger partial charge on any atom is -0.493 e. The molecule has 2 aromatic heterocycles. The fourth-order valence-corrected chi connectivity index (χ4v) is 5.61. The molecule has 38 heavy (non-hydrogen) atoms. The van der Waals surface area contributed by atoms with Gasteiger partial charge in [-0.3, -0.25) is 9.47 Å². The van der Waals surface area contributed by atoms with Crippen LogP contribution in [0, 0.1) is 12.5 Å². The van der Waals surface area contributed by atoms with Crippen LogP contribution in [0.2, 0.25) is 0 Å². The first-order chi connectivity index (χ1) is 18.4. The van der Waals surface area contributed by atoms with Gasteiger partial charge in [0.1, 0.15) is 5.75 Å². The second-order valence-electron chi connectivity index (χ2n) is 10.4. The van der Waals surface area contributed by atoms with Crippen molar-refractivity contribution in [2.24, 2.45) is 13.0 Å². The number of aromatic nitrogens is 3. The van der Waals surface area contributed by atoms with E-state index in [4.69, 9.17) is 16.0 Å². The molecule has 1 aromatic carbocycles.